The maximum atomic E-state index is 8.24. The zero-order valence-corrected chi connectivity index (χ0v) is 6.93. The summed E-state index contributed by atoms with van der Waals surface area (Å²) in [6.45, 7) is 0.500. The Labute approximate surface area is 52.8 Å². The smallest absolute Gasteiger partial charge is 0.665 e. The van der Waals surface area contributed by atoms with Crippen LogP contribution in [0.15, 0.2) is 0 Å². The van der Waals surface area contributed by atoms with Crippen molar-refractivity contribution in [2.24, 2.45) is 0 Å². The van der Waals surface area contributed by atoms with Crippen LogP contribution in [0.5, 0.6) is 0 Å². The maximum Gasteiger partial charge on any atom is 2.00 e. The van der Waals surface area contributed by atoms with Gasteiger partial charge in [0.05, 0.1) is 0 Å². The van der Waals surface area contributed by atoms with Crippen LogP contribution in [-0.2, 0) is 25.9 Å². The first kappa shape index (κ1) is 16.0. The van der Waals surface area contributed by atoms with Gasteiger partial charge in [0.15, 0.2) is 0 Å². The first-order valence-corrected chi connectivity index (χ1v) is 1.29. The topological polar surface area (TPSA) is 61.1 Å². The van der Waals surface area contributed by atoms with E-state index in [4.69, 9.17) is 15.4 Å². The van der Waals surface area contributed by atoms with Crippen molar-refractivity contribution in [2.45, 2.75) is 0 Å². The minimum absolute atomic E-state index is 0. The van der Waals surface area contributed by atoms with E-state index in [1.165, 1.54) is 0 Å². The molecule has 0 heterocycles. The molecule has 0 bridgehead atoms. The van der Waals surface area contributed by atoms with Gasteiger partial charge in [0, 0.05) is 0 Å². The van der Waals surface area contributed by atoms with Gasteiger partial charge in [-0.2, -0.15) is 0 Å². The maximum absolute atomic E-state index is 8.24. The van der Waals surface area contributed by atoms with Gasteiger partial charge in [-0.1, -0.05) is 6.47 Å². The van der Waals surface area contributed by atoms with Gasteiger partial charge in [-0.05, 0) is 0 Å². The standard InChI is InChI=1S/CHO2.H3NP.W/c2-1-3;1-2;/h(H,2,3);1H,2H2;/q2*-1;+2. The summed E-state index contributed by atoms with van der Waals surface area (Å²) in [4.78, 5) is 8.24. The van der Waals surface area contributed by atoms with Crippen molar-refractivity contribution in [3.8, 4) is 0 Å². The number of aliphatic hydroxyl groups excluding tert-OH is 1. The molecule has 0 radical (unpaired) electrons. The molecule has 0 amide bonds. The molecule has 0 aromatic carbocycles. The molecule has 0 aliphatic heterocycles. The van der Waals surface area contributed by atoms with Gasteiger partial charge in [0.1, 0.15) is 0 Å². The quantitative estimate of drug-likeness (QED) is 0.515. The third kappa shape index (κ3) is 190. The number of hydrogen-bond donors (Lipinski definition) is 1. The van der Waals surface area contributed by atoms with Crippen molar-refractivity contribution in [3.05, 3.63) is 5.50 Å². The van der Waals surface area contributed by atoms with Crippen LogP contribution in [0, 0.1) is 0 Å². The van der Waals surface area contributed by atoms with Crippen LogP contribution >= 0.6 is 9.39 Å². The Balaban J connectivity index is -0.0000000275. The van der Waals surface area contributed by atoms with Gasteiger partial charge in [0.2, 0.25) is 0 Å². The molecule has 0 aliphatic rings. The van der Waals surface area contributed by atoms with Gasteiger partial charge in [0.25, 0.3) is 0 Å². The summed E-state index contributed by atoms with van der Waals surface area (Å²) in [6.07, 6.45) is 0. The van der Waals surface area contributed by atoms with Crippen LogP contribution in [0.2, 0.25) is 0 Å². The molecule has 5 heteroatoms. The molecule has 3 nitrogen and oxygen atoms in total. The van der Waals surface area contributed by atoms with Crippen LogP contribution in [0.1, 0.15) is 0 Å². The second-order valence-corrected chi connectivity index (χ2v) is 0.0913. The third-order valence-electron chi connectivity index (χ3n) is 0. The minimum Gasteiger partial charge on any atom is -0.665 e. The van der Waals surface area contributed by atoms with Gasteiger partial charge in [-0.3, -0.25) is 9.39 Å². The second kappa shape index (κ2) is 47.9. The SMILES string of the molecule is O=[C-]O.[NH-]P.[W+2]. The van der Waals surface area contributed by atoms with Gasteiger partial charge in [-0.25, -0.2) is 0 Å². The van der Waals surface area contributed by atoms with E-state index in [-0.39, 0.29) is 21.1 Å². The zero-order valence-electron chi connectivity index (χ0n) is 2.84. The molecule has 2 N–H and O–H groups in total. The molecular formula is CH4NO2PW. The molecule has 0 aliphatic carbocycles. The van der Waals surface area contributed by atoms with E-state index in [9.17, 15) is 0 Å². The molecule has 0 aromatic rings. The van der Waals surface area contributed by atoms with Crippen LogP contribution < -0.4 is 0 Å². The summed E-state index contributed by atoms with van der Waals surface area (Å²) < 4.78 is 0. The average Bonchev–Trinajstić information content (AvgIpc) is 1.46. The predicted octanol–water partition coefficient (Wildman–Crippen LogP) is 0.438. The molecule has 0 fully saturated rings. The van der Waals surface area contributed by atoms with Crippen molar-refractivity contribution >= 4 is 15.9 Å². The molecule has 0 rings (SSSR count). The fourth-order valence-corrected chi connectivity index (χ4v) is 0. The van der Waals surface area contributed by atoms with Crippen molar-refractivity contribution in [1.82, 2.24) is 0 Å². The average molecular weight is 277 g/mol. The Hall–Kier alpha value is 0.548. The summed E-state index contributed by atoms with van der Waals surface area (Å²) in [7, 11) is 1.67. The normalized spacial score (nSPS) is 3.00. The molecule has 1 atom stereocenters. The summed E-state index contributed by atoms with van der Waals surface area (Å²) >= 11 is 0. The molecule has 0 saturated carbocycles. The molecule has 0 aromatic heterocycles. The number of rotatable bonds is 0. The van der Waals surface area contributed by atoms with E-state index in [1.807, 2.05) is 0 Å². The van der Waals surface area contributed by atoms with E-state index in [1.54, 1.807) is 9.39 Å². The van der Waals surface area contributed by atoms with Crippen molar-refractivity contribution in [1.29, 1.82) is 0 Å². The summed E-state index contributed by atoms with van der Waals surface area (Å²) in [6, 6.07) is 0. The first-order chi connectivity index (χ1) is 2.41. The summed E-state index contributed by atoms with van der Waals surface area (Å²) in [5.41, 5.74) is 5.67. The van der Waals surface area contributed by atoms with Crippen LogP contribution in [-0.4, -0.2) is 11.6 Å². The molecule has 0 saturated heterocycles. The Morgan fingerprint density at radius 2 is 1.67 bits per heavy atom. The van der Waals surface area contributed by atoms with E-state index in [0.29, 0.717) is 6.47 Å². The van der Waals surface area contributed by atoms with E-state index in [2.05, 4.69) is 0 Å². The molecule has 0 spiro atoms. The van der Waals surface area contributed by atoms with E-state index < -0.39 is 0 Å². The molecule has 6 heavy (non-hydrogen) atoms. The van der Waals surface area contributed by atoms with Gasteiger partial charge < -0.3 is 15.4 Å². The Morgan fingerprint density at radius 3 is 1.67 bits per heavy atom. The van der Waals surface area contributed by atoms with Crippen LogP contribution in [0.25, 0.3) is 5.50 Å². The first-order valence-electron chi connectivity index (χ1n) is 0.716. The van der Waals surface area contributed by atoms with Crippen LogP contribution in [0.3, 0.4) is 0 Å². The number of hydrogen-bond acceptors (Lipinski definition) is 1. The van der Waals surface area contributed by atoms with Crippen LogP contribution in [0.4, 0.5) is 0 Å². The Morgan fingerprint density at radius 1 is 1.67 bits per heavy atom. The van der Waals surface area contributed by atoms with Crippen molar-refractivity contribution < 1.29 is 31.0 Å². The Bertz CT molecular complexity index is 21.0. The van der Waals surface area contributed by atoms with Crippen molar-refractivity contribution in [2.75, 3.05) is 0 Å². The molecule has 36 valence electrons. The van der Waals surface area contributed by atoms with Crippen molar-refractivity contribution in [3.63, 3.8) is 0 Å². The zero-order chi connectivity index (χ0) is 4.71. The predicted molar refractivity (Wildman–Crippen MR) is 22.4 cm³/mol. The summed E-state index contributed by atoms with van der Waals surface area (Å²) in [5.74, 6) is 0. The number of nitrogens with one attached hydrogen (secondary N) is 1. The third-order valence-corrected chi connectivity index (χ3v) is 0. The summed E-state index contributed by atoms with van der Waals surface area (Å²) in [5, 5.41) is 6.76. The Kier molecular flexibility index (Phi) is 128. The largest absolute Gasteiger partial charge is 2.00 e. The molecule has 1 unspecified atom stereocenters. The second-order valence-electron chi connectivity index (χ2n) is 0.0913. The van der Waals surface area contributed by atoms with E-state index in [0.717, 1.165) is 0 Å². The minimum atomic E-state index is 0. The molecular weight excluding hydrogens is 273 g/mol. The monoisotopic (exact) mass is 277 g/mol. The van der Waals surface area contributed by atoms with Gasteiger partial charge >= 0.3 is 21.1 Å². The fraction of sp³-hybridized carbons (Fsp3) is 0. The van der Waals surface area contributed by atoms with Gasteiger partial charge in [-0.15, -0.1) is 0 Å². The fourth-order valence-electron chi connectivity index (χ4n) is 0. The van der Waals surface area contributed by atoms with E-state index >= 15 is 0 Å².